The van der Waals surface area contributed by atoms with Crippen LogP contribution in [0.1, 0.15) is 25.7 Å². The SMILES string of the molecule is O=C1C=CC(=O)N1CC12CCC(O)(C1)C(=O)C2. The lowest BCUT2D eigenvalue weighted by Gasteiger charge is -2.29. The van der Waals surface area contributed by atoms with Gasteiger partial charge in [0.25, 0.3) is 11.8 Å². The molecule has 2 saturated carbocycles. The van der Waals surface area contributed by atoms with E-state index in [1.165, 1.54) is 17.1 Å². The molecule has 5 nitrogen and oxygen atoms in total. The van der Waals surface area contributed by atoms with Crippen LogP contribution >= 0.6 is 0 Å². The van der Waals surface area contributed by atoms with Gasteiger partial charge in [-0.05, 0) is 24.7 Å². The molecule has 0 radical (unpaired) electrons. The Labute approximate surface area is 98.1 Å². The van der Waals surface area contributed by atoms with E-state index in [-0.39, 0.29) is 36.0 Å². The number of fused-ring (bicyclic) bond motifs is 2. The van der Waals surface area contributed by atoms with E-state index in [9.17, 15) is 19.5 Å². The van der Waals surface area contributed by atoms with Gasteiger partial charge in [0.2, 0.25) is 0 Å². The maximum Gasteiger partial charge on any atom is 0.253 e. The Bertz CT molecular complexity index is 451. The van der Waals surface area contributed by atoms with Crippen LogP contribution in [0.3, 0.4) is 0 Å². The third-order valence-electron chi connectivity index (χ3n) is 4.19. The lowest BCUT2D eigenvalue weighted by atomic mass is 9.83. The summed E-state index contributed by atoms with van der Waals surface area (Å²) in [5.41, 5.74) is -1.58. The molecule has 2 amide bonds. The lowest BCUT2D eigenvalue weighted by Crippen LogP contribution is -2.40. The zero-order valence-corrected chi connectivity index (χ0v) is 9.31. The smallest absolute Gasteiger partial charge is 0.253 e. The predicted octanol–water partition coefficient (Wildman–Crippen LogP) is -0.214. The number of nitrogens with zero attached hydrogens (tertiary/aromatic N) is 1. The number of ketones is 1. The second-order valence-corrected chi connectivity index (χ2v) is 5.40. The molecule has 2 aliphatic carbocycles. The third kappa shape index (κ3) is 1.38. The molecule has 2 atom stereocenters. The topological polar surface area (TPSA) is 74.7 Å². The molecular weight excluding hydrogens is 222 g/mol. The van der Waals surface area contributed by atoms with Gasteiger partial charge < -0.3 is 5.11 Å². The molecular formula is C12H13NO4. The zero-order valence-electron chi connectivity index (χ0n) is 9.31. The van der Waals surface area contributed by atoms with E-state index < -0.39 is 5.60 Å². The standard InChI is InChI=1S/C12H13NO4/c14-8-5-11(3-4-12(8,17)6-11)7-13-9(15)1-2-10(13)16/h1-2,17H,3-7H2. The highest BCUT2D eigenvalue weighted by Gasteiger charge is 2.60. The highest BCUT2D eigenvalue weighted by atomic mass is 16.3. The van der Waals surface area contributed by atoms with Gasteiger partial charge in [-0.1, -0.05) is 0 Å². The summed E-state index contributed by atoms with van der Waals surface area (Å²) in [5.74, 6) is -0.783. The van der Waals surface area contributed by atoms with Crippen LogP contribution < -0.4 is 0 Å². The average molecular weight is 235 g/mol. The molecule has 1 heterocycles. The minimum absolute atomic E-state index is 0.143. The molecule has 1 N–H and O–H groups in total. The van der Waals surface area contributed by atoms with Crippen molar-refractivity contribution < 1.29 is 19.5 Å². The molecule has 90 valence electrons. The van der Waals surface area contributed by atoms with Crippen molar-refractivity contribution in [3.63, 3.8) is 0 Å². The van der Waals surface area contributed by atoms with Gasteiger partial charge in [-0.15, -0.1) is 0 Å². The molecule has 0 aromatic carbocycles. The number of carbonyl (C=O) groups is 3. The lowest BCUT2D eigenvalue weighted by molar-refractivity contribution is -0.140. The fraction of sp³-hybridized carbons (Fsp3) is 0.583. The Kier molecular flexibility index (Phi) is 1.91. The van der Waals surface area contributed by atoms with Crippen molar-refractivity contribution in [2.75, 3.05) is 6.54 Å². The number of aliphatic hydroxyl groups is 1. The Morgan fingerprint density at radius 1 is 1.18 bits per heavy atom. The van der Waals surface area contributed by atoms with Gasteiger partial charge >= 0.3 is 0 Å². The summed E-state index contributed by atoms with van der Waals surface area (Å²) in [7, 11) is 0. The number of amides is 2. The number of carbonyl (C=O) groups excluding carboxylic acids is 3. The molecule has 1 aliphatic heterocycles. The number of rotatable bonds is 2. The molecule has 2 fully saturated rings. The van der Waals surface area contributed by atoms with Gasteiger partial charge in [-0.3, -0.25) is 19.3 Å². The average Bonchev–Trinajstić information content (AvgIpc) is 2.83. The van der Waals surface area contributed by atoms with Crippen LogP contribution in [0.15, 0.2) is 12.2 Å². The van der Waals surface area contributed by atoms with Crippen LogP contribution in [0.4, 0.5) is 0 Å². The van der Waals surface area contributed by atoms with E-state index in [0.717, 1.165) is 0 Å². The Morgan fingerprint density at radius 3 is 2.29 bits per heavy atom. The first-order valence-corrected chi connectivity index (χ1v) is 5.73. The summed E-state index contributed by atoms with van der Waals surface area (Å²) >= 11 is 0. The van der Waals surface area contributed by atoms with Crippen LogP contribution in [0, 0.1) is 5.41 Å². The van der Waals surface area contributed by atoms with E-state index in [2.05, 4.69) is 0 Å². The molecule has 3 aliphatic rings. The van der Waals surface area contributed by atoms with Crippen molar-refractivity contribution in [1.82, 2.24) is 4.90 Å². The minimum Gasteiger partial charge on any atom is -0.382 e. The monoisotopic (exact) mass is 235 g/mol. The fourth-order valence-corrected chi connectivity index (χ4v) is 3.28. The third-order valence-corrected chi connectivity index (χ3v) is 4.19. The fourth-order valence-electron chi connectivity index (χ4n) is 3.28. The van der Waals surface area contributed by atoms with Gasteiger partial charge in [0.05, 0.1) is 0 Å². The Balaban J connectivity index is 1.81. The Morgan fingerprint density at radius 2 is 1.82 bits per heavy atom. The molecule has 0 aromatic rings. The quantitative estimate of drug-likeness (QED) is 0.672. The summed E-state index contributed by atoms with van der Waals surface area (Å²) in [5, 5.41) is 10.0. The van der Waals surface area contributed by atoms with E-state index in [4.69, 9.17) is 0 Å². The molecule has 0 aromatic heterocycles. The van der Waals surface area contributed by atoms with Gasteiger partial charge in [-0.25, -0.2) is 0 Å². The first-order chi connectivity index (χ1) is 7.94. The van der Waals surface area contributed by atoms with Crippen LogP contribution in [-0.2, 0) is 14.4 Å². The summed E-state index contributed by atoms with van der Waals surface area (Å²) < 4.78 is 0. The summed E-state index contributed by atoms with van der Waals surface area (Å²) in [4.78, 5) is 35.8. The number of hydrogen-bond acceptors (Lipinski definition) is 4. The van der Waals surface area contributed by atoms with E-state index in [0.29, 0.717) is 19.3 Å². The van der Waals surface area contributed by atoms with Crippen molar-refractivity contribution in [3.05, 3.63) is 12.2 Å². The van der Waals surface area contributed by atoms with Gasteiger partial charge in [0.1, 0.15) is 5.60 Å². The molecule has 3 rings (SSSR count). The maximum atomic E-state index is 11.6. The summed E-state index contributed by atoms with van der Waals surface area (Å²) in [6.45, 7) is 0.256. The number of imide groups is 1. The highest BCUT2D eigenvalue weighted by molar-refractivity contribution is 6.13. The molecule has 5 heteroatoms. The molecule has 2 unspecified atom stereocenters. The van der Waals surface area contributed by atoms with Crippen LogP contribution in [0.25, 0.3) is 0 Å². The summed E-state index contributed by atoms with van der Waals surface area (Å²) in [6.07, 6.45) is 4.31. The van der Waals surface area contributed by atoms with Crippen molar-refractivity contribution in [3.8, 4) is 0 Å². The first-order valence-electron chi connectivity index (χ1n) is 5.73. The van der Waals surface area contributed by atoms with Gasteiger partial charge in [0.15, 0.2) is 5.78 Å². The minimum atomic E-state index is -1.20. The van der Waals surface area contributed by atoms with Crippen LogP contribution in [-0.4, -0.2) is 39.7 Å². The van der Waals surface area contributed by atoms with Crippen molar-refractivity contribution in [2.24, 2.45) is 5.41 Å². The van der Waals surface area contributed by atoms with Gasteiger partial charge in [-0.2, -0.15) is 0 Å². The molecule has 0 saturated heterocycles. The Hall–Kier alpha value is -1.49. The van der Waals surface area contributed by atoms with Crippen molar-refractivity contribution in [2.45, 2.75) is 31.3 Å². The number of hydrogen-bond donors (Lipinski definition) is 1. The molecule has 2 bridgehead atoms. The summed E-state index contributed by atoms with van der Waals surface area (Å²) in [6, 6.07) is 0. The normalized spacial score (nSPS) is 39.8. The van der Waals surface area contributed by atoms with Crippen LogP contribution in [0.2, 0.25) is 0 Å². The predicted molar refractivity (Wildman–Crippen MR) is 56.7 cm³/mol. The maximum absolute atomic E-state index is 11.6. The highest BCUT2D eigenvalue weighted by Crippen LogP contribution is 2.54. The number of Topliss-reactive ketones (excluding diaryl/α,β-unsaturated/α-hetero) is 1. The molecule has 17 heavy (non-hydrogen) atoms. The second-order valence-electron chi connectivity index (χ2n) is 5.40. The van der Waals surface area contributed by atoms with Gasteiger partial charge in [0, 0.05) is 25.1 Å². The first kappa shape index (κ1) is 10.7. The van der Waals surface area contributed by atoms with Crippen molar-refractivity contribution in [1.29, 1.82) is 0 Å². The zero-order chi connectivity index (χ0) is 12.3. The largest absolute Gasteiger partial charge is 0.382 e. The van der Waals surface area contributed by atoms with Crippen LogP contribution in [0.5, 0.6) is 0 Å². The molecule has 0 spiro atoms. The van der Waals surface area contributed by atoms with E-state index in [1.54, 1.807) is 0 Å². The van der Waals surface area contributed by atoms with E-state index >= 15 is 0 Å². The van der Waals surface area contributed by atoms with Crippen molar-refractivity contribution >= 4 is 17.6 Å². The van der Waals surface area contributed by atoms with E-state index in [1.807, 2.05) is 0 Å². The second kappa shape index (κ2) is 3.04.